The highest BCUT2D eigenvalue weighted by Gasteiger charge is 2.14. The highest BCUT2D eigenvalue weighted by atomic mass is 35.5. The fraction of sp³-hybridized carbons (Fsp3) is 0.429. The lowest BCUT2D eigenvalue weighted by Gasteiger charge is -2.20. The van der Waals surface area contributed by atoms with E-state index in [1.807, 2.05) is 20.8 Å². The molecule has 1 aromatic carbocycles. The van der Waals surface area contributed by atoms with Gasteiger partial charge in [0.25, 0.3) is 0 Å². The lowest BCUT2D eigenvalue weighted by Crippen LogP contribution is -2.41. The Morgan fingerprint density at radius 2 is 1.95 bits per heavy atom. The van der Waals surface area contributed by atoms with Crippen molar-refractivity contribution in [3.05, 3.63) is 28.8 Å². The molecule has 3 N–H and O–H groups in total. The van der Waals surface area contributed by atoms with Crippen LogP contribution in [0.25, 0.3) is 0 Å². The Bertz CT molecular complexity index is 510. The number of hydrogen-bond donors (Lipinski definition) is 3. The van der Waals surface area contributed by atoms with Crippen molar-refractivity contribution < 1.29 is 14.7 Å². The van der Waals surface area contributed by atoms with E-state index in [1.54, 1.807) is 12.1 Å². The molecule has 0 heterocycles. The molecule has 5 nitrogen and oxygen atoms in total. The lowest BCUT2D eigenvalue weighted by atomic mass is 10.1. The molecule has 0 aliphatic rings. The van der Waals surface area contributed by atoms with E-state index in [0.29, 0.717) is 17.3 Å². The van der Waals surface area contributed by atoms with E-state index in [0.717, 1.165) is 0 Å². The minimum atomic E-state index is -1.06. The number of halogens is 1. The molecular formula is C14H19ClN2O3. The fourth-order valence-corrected chi connectivity index (χ4v) is 1.81. The van der Waals surface area contributed by atoms with Crippen molar-refractivity contribution in [2.45, 2.75) is 32.7 Å². The number of carbonyl (C=O) groups is 2. The third kappa shape index (κ3) is 5.48. The van der Waals surface area contributed by atoms with Gasteiger partial charge in [-0.05, 0) is 39.0 Å². The van der Waals surface area contributed by atoms with E-state index in [2.05, 4.69) is 10.6 Å². The second-order valence-corrected chi connectivity index (χ2v) is 5.91. The van der Waals surface area contributed by atoms with E-state index >= 15 is 0 Å². The zero-order valence-electron chi connectivity index (χ0n) is 11.8. The van der Waals surface area contributed by atoms with Crippen molar-refractivity contribution in [1.29, 1.82) is 0 Å². The molecule has 0 saturated heterocycles. The number of hydrogen-bond acceptors (Lipinski definition) is 3. The van der Waals surface area contributed by atoms with Crippen LogP contribution >= 0.6 is 11.6 Å². The second-order valence-electron chi connectivity index (χ2n) is 5.47. The maximum Gasteiger partial charge on any atom is 0.337 e. The van der Waals surface area contributed by atoms with Crippen LogP contribution in [0.15, 0.2) is 18.2 Å². The molecule has 0 aliphatic carbocycles. The van der Waals surface area contributed by atoms with Gasteiger partial charge < -0.3 is 15.7 Å². The van der Waals surface area contributed by atoms with Crippen LogP contribution in [0.3, 0.4) is 0 Å². The second kappa shape index (κ2) is 6.61. The number of aromatic carboxylic acids is 1. The van der Waals surface area contributed by atoms with E-state index in [-0.39, 0.29) is 23.4 Å². The predicted molar refractivity (Wildman–Crippen MR) is 79.4 cm³/mol. The Balaban J connectivity index is 2.58. The van der Waals surface area contributed by atoms with E-state index < -0.39 is 5.97 Å². The van der Waals surface area contributed by atoms with Crippen LogP contribution < -0.4 is 10.6 Å². The highest BCUT2D eigenvalue weighted by Crippen LogP contribution is 2.20. The molecule has 0 saturated carbocycles. The number of anilines is 1. The van der Waals surface area contributed by atoms with Gasteiger partial charge in [-0.25, -0.2) is 4.79 Å². The third-order valence-electron chi connectivity index (χ3n) is 2.39. The summed E-state index contributed by atoms with van der Waals surface area (Å²) in [7, 11) is 0. The Labute approximate surface area is 123 Å². The molecule has 0 fully saturated rings. The van der Waals surface area contributed by atoms with Crippen molar-refractivity contribution >= 4 is 29.2 Å². The molecular weight excluding hydrogens is 280 g/mol. The first-order valence-corrected chi connectivity index (χ1v) is 6.64. The van der Waals surface area contributed by atoms with Crippen molar-refractivity contribution in [3.63, 3.8) is 0 Å². The molecule has 1 amide bonds. The summed E-state index contributed by atoms with van der Waals surface area (Å²) in [4.78, 5) is 22.7. The van der Waals surface area contributed by atoms with E-state index in [9.17, 15) is 9.59 Å². The van der Waals surface area contributed by atoms with Gasteiger partial charge in [-0.15, -0.1) is 0 Å². The number of carboxylic acid groups (broad SMARTS) is 1. The van der Waals surface area contributed by atoms with Gasteiger partial charge in [-0.2, -0.15) is 0 Å². The summed E-state index contributed by atoms with van der Waals surface area (Å²) in [6, 6.07) is 4.57. The molecule has 0 aromatic heterocycles. The number of benzene rings is 1. The minimum Gasteiger partial charge on any atom is -0.478 e. The van der Waals surface area contributed by atoms with Gasteiger partial charge in [-0.3, -0.25) is 4.79 Å². The lowest BCUT2D eigenvalue weighted by molar-refractivity contribution is -0.122. The van der Waals surface area contributed by atoms with Crippen molar-refractivity contribution in [2.75, 3.05) is 11.9 Å². The molecule has 0 bridgehead atoms. The average Bonchev–Trinajstić information content (AvgIpc) is 2.28. The first kappa shape index (κ1) is 16.3. The Hall–Kier alpha value is -1.75. The number of amides is 1. The molecule has 6 heteroatoms. The van der Waals surface area contributed by atoms with Crippen molar-refractivity contribution in [1.82, 2.24) is 5.32 Å². The van der Waals surface area contributed by atoms with E-state index in [4.69, 9.17) is 16.7 Å². The number of carboxylic acids is 1. The topological polar surface area (TPSA) is 78.4 Å². The summed E-state index contributed by atoms with van der Waals surface area (Å²) < 4.78 is 0. The standard InChI is InChI=1S/C14H19ClN2O3/c1-14(2,3)17-12(18)6-7-16-11-5-4-9(15)8-10(11)13(19)20/h4-5,8,16H,6-7H2,1-3H3,(H,17,18)(H,19,20). The normalized spacial score (nSPS) is 11.0. The van der Waals surface area contributed by atoms with Crippen LogP contribution in [0.1, 0.15) is 37.6 Å². The van der Waals surface area contributed by atoms with Crippen LogP contribution in [-0.2, 0) is 4.79 Å². The highest BCUT2D eigenvalue weighted by molar-refractivity contribution is 6.31. The number of carbonyl (C=O) groups excluding carboxylic acids is 1. The predicted octanol–water partition coefficient (Wildman–Crippen LogP) is 2.75. The van der Waals surface area contributed by atoms with Crippen LogP contribution in [0.5, 0.6) is 0 Å². The quantitative estimate of drug-likeness (QED) is 0.781. The largest absolute Gasteiger partial charge is 0.478 e. The Kier molecular flexibility index (Phi) is 5.39. The summed E-state index contributed by atoms with van der Waals surface area (Å²) in [5.41, 5.74) is 0.267. The minimum absolute atomic E-state index is 0.0872. The van der Waals surface area contributed by atoms with Crippen LogP contribution in [0.4, 0.5) is 5.69 Å². The van der Waals surface area contributed by atoms with Crippen LogP contribution in [0.2, 0.25) is 5.02 Å². The van der Waals surface area contributed by atoms with Gasteiger partial charge >= 0.3 is 5.97 Å². The van der Waals surface area contributed by atoms with Gasteiger partial charge in [0, 0.05) is 29.2 Å². The zero-order chi connectivity index (χ0) is 15.3. The summed E-state index contributed by atoms with van der Waals surface area (Å²) in [5.74, 6) is -1.15. The van der Waals surface area contributed by atoms with Gasteiger partial charge in [-0.1, -0.05) is 11.6 Å². The first-order chi connectivity index (χ1) is 9.19. The zero-order valence-corrected chi connectivity index (χ0v) is 12.5. The third-order valence-corrected chi connectivity index (χ3v) is 2.63. The average molecular weight is 299 g/mol. The number of nitrogens with one attached hydrogen (secondary N) is 2. The molecule has 20 heavy (non-hydrogen) atoms. The van der Waals surface area contributed by atoms with Gasteiger partial charge in [0.05, 0.1) is 5.56 Å². The molecule has 0 unspecified atom stereocenters. The monoisotopic (exact) mass is 298 g/mol. The Morgan fingerprint density at radius 3 is 2.50 bits per heavy atom. The maximum atomic E-state index is 11.6. The molecule has 1 aromatic rings. The summed E-state index contributed by atoms with van der Waals surface area (Å²) in [5, 5.41) is 15.2. The van der Waals surface area contributed by atoms with Gasteiger partial charge in [0.1, 0.15) is 0 Å². The van der Waals surface area contributed by atoms with Crippen molar-refractivity contribution in [3.8, 4) is 0 Å². The van der Waals surface area contributed by atoms with Crippen molar-refractivity contribution in [2.24, 2.45) is 0 Å². The molecule has 0 radical (unpaired) electrons. The van der Waals surface area contributed by atoms with Crippen LogP contribution in [-0.4, -0.2) is 29.1 Å². The smallest absolute Gasteiger partial charge is 0.337 e. The summed E-state index contributed by atoms with van der Waals surface area (Å²) in [6.45, 7) is 6.06. The maximum absolute atomic E-state index is 11.6. The van der Waals surface area contributed by atoms with E-state index in [1.165, 1.54) is 6.07 Å². The van der Waals surface area contributed by atoms with Crippen LogP contribution in [0, 0.1) is 0 Å². The summed E-state index contributed by atoms with van der Waals surface area (Å²) >= 11 is 5.76. The molecule has 0 aliphatic heterocycles. The fourth-order valence-electron chi connectivity index (χ4n) is 1.64. The number of rotatable bonds is 5. The first-order valence-electron chi connectivity index (χ1n) is 6.27. The van der Waals surface area contributed by atoms with Gasteiger partial charge in [0.2, 0.25) is 5.91 Å². The molecule has 0 atom stereocenters. The molecule has 1 rings (SSSR count). The molecule has 110 valence electrons. The summed E-state index contributed by atoms with van der Waals surface area (Å²) in [6.07, 6.45) is 0.263. The molecule has 0 spiro atoms. The Morgan fingerprint density at radius 1 is 1.30 bits per heavy atom. The van der Waals surface area contributed by atoms with Gasteiger partial charge in [0.15, 0.2) is 0 Å². The SMILES string of the molecule is CC(C)(C)NC(=O)CCNc1ccc(Cl)cc1C(=O)O.